The monoisotopic (exact) mass is 236 g/mol. The Labute approximate surface area is 98.3 Å². The van der Waals surface area contributed by atoms with Gasteiger partial charge >= 0.3 is 11.9 Å². The lowest BCUT2D eigenvalue weighted by Gasteiger charge is -2.08. The minimum atomic E-state index is -0.712. The molecule has 17 heavy (non-hydrogen) atoms. The van der Waals surface area contributed by atoms with E-state index in [1.165, 1.54) is 32.2 Å². The second-order valence-electron chi connectivity index (χ2n) is 3.31. The second-order valence-corrected chi connectivity index (χ2v) is 3.31. The van der Waals surface area contributed by atoms with Crippen LogP contribution >= 0.6 is 0 Å². The first-order valence-corrected chi connectivity index (χ1v) is 4.75. The van der Waals surface area contributed by atoms with E-state index in [0.717, 1.165) is 0 Å². The summed E-state index contributed by atoms with van der Waals surface area (Å²) < 4.78 is 9.31. The molecule has 0 radical (unpaired) electrons. The number of benzene rings is 1. The highest BCUT2D eigenvalue weighted by atomic mass is 16.5. The maximum Gasteiger partial charge on any atom is 0.341 e. The number of carbonyl (C=O) groups is 2. The minimum Gasteiger partial charge on any atom is -0.504 e. The van der Waals surface area contributed by atoms with Gasteiger partial charge in [0.1, 0.15) is 5.56 Å². The summed E-state index contributed by atoms with van der Waals surface area (Å²) in [6, 6.07) is 4.19. The fourth-order valence-electron chi connectivity index (χ4n) is 1.07. The van der Waals surface area contributed by atoms with Gasteiger partial charge in [0.2, 0.25) is 0 Å². The number of para-hydroxylation sites is 1. The lowest BCUT2D eigenvalue weighted by Crippen LogP contribution is -2.09. The van der Waals surface area contributed by atoms with E-state index in [4.69, 9.17) is 4.74 Å². The van der Waals surface area contributed by atoms with Gasteiger partial charge in [0.15, 0.2) is 11.5 Å². The van der Waals surface area contributed by atoms with Crippen molar-refractivity contribution in [3.05, 3.63) is 35.9 Å². The van der Waals surface area contributed by atoms with E-state index < -0.39 is 17.7 Å². The van der Waals surface area contributed by atoms with Gasteiger partial charge in [0.05, 0.1) is 7.11 Å². The van der Waals surface area contributed by atoms with Crippen LogP contribution in [0.5, 0.6) is 11.5 Å². The van der Waals surface area contributed by atoms with E-state index in [-0.39, 0.29) is 16.9 Å². The zero-order valence-electron chi connectivity index (χ0n) is 9.52. The summed E-state index contributed by atoms with van der Waals surface area (Å²) in [6.45, 7) is 4.88. The molecule has 1 aromatic rings. The van der Waals surface area contributed by atoms with Crippen molar-refractivity contribution in [1.29, 1.82) is 0 Å². The number of methoxy groups -OCH3 is 1. The maximum absolute atomic E-state index is 11.3. The summed E-state index contributed by atoms with van der Waals surface area (Å²) >= 11 is 0. The number of rotatable bonds is 3. The number of aromatic hydroxyl groups is 1. The number of hydrogen-bond donors (Lipinski definition) is 1. The van der Waals surface area contributed by atoms with Crippen LogP contribution in [-0.2, 0) is 9.53 Å². The van der Waals surface area contributed by atoms with Gasteiger partial charge in [-0.15, -0.1) is 0 Å². The summed E-state index contributed by atoms with van der Waals surface area (Å²) in [5, 5.41) is 9.71. The Morgan fingerprint density at radius 1 is 1.35 bits per heavy atom. The summed E-state index contributed by atoms with van der Waals surface area (Å²) in [5.41, 5.74) is 0.118. The van der Waals surface area contributed by atoms with E-state index in [0.29, 0.717) is 0 Å². The summed E-state index contributed by atoms with van der Waals surface area (Å²) in [4.78, 5) is 22.5. The van der Waals surface area contributed by atoms with Crippen molar-refractivity contribution in [2.24, 2.45) is 0 Å². The van der Waals surface area contributed by atoms with Gasteiger partial charge in [-0.1, -0.05) is 12.6 Å². The zero-order chi connectivity index (χ0) is 13.0. The third-order valence-electron chi connectivity index (χ3n) is 1.96. The zero-order valence-corrected chi connectivity index (χ0v) is 9.52. The molecule has 0 aliphatic carbocycles. The van der Waals surface area contributed by atoms with Crippen LogP contribution in [0.25, 0.3) is 0 Å². The molecule has 5 nitrogen and oxygen atoms in total. The van der Waals surface area contributed by atoms with Crippen LogP contribution in [0.3, 0.4) is 0 Å². The third kappa shape index (κ3) is 2.84. The largest absolute Gasteiger partial charge is 0.504 e. The van der Waals surface area contributed by atoms with Crippen LogP contribution in [0.2, 0.25) is 0 Å². The van der Waals surface area contributed by atoms with Gasteiger partial charge in [0, 0.05) is 5.57 Å². The van der Waals surface area contributed by atoms with Gasteiger partial charge in [-0.3, -0.25) is 0 Å². The number of hydrogen-bond acceptors (Lipinski definition) is 5. The molecule has 90 valence electrons. The van der Waals surface area contributed by atoms with Crippen LogP contribution in [0.4, 0.5) is 0 Å². The average Bonchev–Trinajstić information content (AvgIpc) is 2.30. The predicted octanol–water partition coefficient (Wildman–Crippen LogP) is 1.66. The topological polar surface area (TPSA) is 72.8 Å². The van der Waals surface area contributed by atoms with Crippen LogP contribution in [0, 0.1) is 0 Å². The molecule has 0 atom stereocenters. The quantitative estimate of drug-likeness (QED) is 0.491. The minimum absolute atomic E-state index is 0.0699. The highest BCUT2D eigenvalue weighted by Gasteiger charge is 2.17. The molecule has 0 aromatic heterocycles. The maximum atomic E-state index is 11.3. The van der Waals surface area contributed by atoms with Crippen LogP contribution in [0.1, 0.15) is 17.3 Å². The molecule has 0 saturated carbocycles. The van der Waals surface area contributed by atoms with Crippen LogP contribution < -0.4 is 4.74 Å². The molecule has 0 aliphatic heterocycles. The molecule has 0 aliphatic rings. The highest BCUT2D eigenvalue weighted by molar-refractivity contribution is 5.94. The van der Waals surface area contributed by atoms with Gasteiger partial charge in [-0.25, -0.2) is 9.59 Å². The Hall–Kier alpha value is -2.30. The molecule has 0 saturated heterocycles. The first kappa shape index (κ1) is 12.8. The molecule has 0 heterocycles. The fraction of sp³-hybridized carbons (Fsp3) is 0.167. The normalized spacial score (nSPS) is 9.53. The van der Waals surface area contributed by atoms with Crippen molar-refractivity contribution >= 4 is 11.9 Å². The number of ether oxygens (including phenoxy) is 2. The van der Waals surface area contributed by atoms with E-state index >= 15 is 0 Å². The average molecular weight is 236 g/mol. The molecule has 0 spiro atoms. The second kappa shape index (κ2) is 5.16. The Kier molecular flexibility index (Phi) is 3.87. The first-order valence-electron chi connectivity index (χ1n) is 4.75. The van der Waals surface area contributed by atoms with Crippen molar-refractivity contribution in [3.8, 4) is 11.5 Å². The molecule has 0 bridgehead atoms. The SMILES string of the molecule is C=C(C)C(=O)Oc1cccc(C(=O)OC)c1O. The van der Waals surface area contributed by atoms with Crippen molar-refractivity contribution in [1.82, 2.24) is 0 Å². The molecule has 0 fully saturated rings. The predicted molar refractivity (Wildman–Crippen MR) is 59.9 cm³/mol. The van der Waals surface area contributed by atoms with Gasteiger partial charge in [-0.05, 0) is 19.1 Å². The van der Waals surface area contributed by atoms with Crippen LogP contribution in [-0.4, -0.2) is 24.2 Å². The molecule has 1 N–H and O–H groups in total. The summed E-state index contributed by atoms with van der Waals surface area (Å²) in [7, 11) is 1.19. The number of esters is 2. The van der Waals surface area contributed by atoms with Crippen molar-refractivity contribution in [2.75, 3.05) is 7.11 Å². The molecular formula is C12H12O5. The Morgan fingerprint density at radius 3 is 2.53 bits per heavy atom. The lowest BCUT2D eigenvalue weighted by atomic mass is 10.2. The number of carbonyl (C=O) groups excluding carboxylic acids is 2. The van der Waals surface area contributed by atoms with Crippen LogP contribution in [0.15, 0.2) is 30.4 Å². The Morgan fingerprint density at radius 2 is 2.00 bits per heavy atom. The molecule has 1 rings (SSSR count). The van der Waals surface area contributed by atoms with E-state index in [9.17, 15) is 14.7 Å². The fourth-order valence-corrected chi connectivity index (χ4v) is 1.07. The molecular weight excluding hydrogens is 224 g/mol. The van der Waals surface area contributed by atoms with Crippen molar-refractivity contribution < 1.29 is 24.2 Å². The van der Waals surface area contributed by atoms with Crippen molar-refractivity contribution in [3.63, 3.8) is 0 Å². The molecule has 0 amide bonds. The Balaban J connectivity index is 3.06. The van der Waals surface area contributed by atoms with Gasteiger partial charge < -0.3 is 14.6 Å². The van der Waals surface area contributed by atoms with E-state index in [1.54, 1.807) is 0 Å². The molecule has 5 heteroatoms. The standard InChI is InChI=1S/C12H12O5/c1-7(2)11(14)17-9-6-4-5-8(10(9)13)12(15)16-3/h4-6,13H,1H2,2-3H3. The van der Waals surface area contributed by atoms with Crippen molar-refractivity contribution in [2.45, 2.75) is 6.92 Å². The number of phenols is 1. The summed E-state index contributed by atoms with van der Waals surface area (Å²) in [5.74, 6) is -1.94. The summed E-state index contributed by atoms with van der Waals surface area (Å²) in [6.07, 6.45) is 0. The number of phenolic OH excluding ortho intramolecular Hbond substituents is 1. The lowest BCUT2D eigenvalue weighted by molar-refractivity contribution is -0.130. The third-order valence-corrected chi connectivity index (χ3v) is 1.96. The van der Waals surface area contributed by atoms with Gasteiger partial charge in [-0.2, -0.15) is 0 Å². The molecule has 1 aromatic carbocycles. The van der Waals surface area contributed by atoms with E-state index in [1.807, 2.05) is 0 Å². The highest BCUT2D eigenvalue weighted by Crippen LogP contribution is 2.30. The van der Waals surface area contributed by atoms with E-state index in [2.05, 4.69) is 11.3 Å². The first-order chi connectivity index (χ1) is 7.97. The van der Waals surface area contributed by atoms with Gasteiger partial charge in [0.25, 0.3) is 0 Å². The molecule has 0 unspecified atom stereocenters. The Bertz CT molecular complexity index is 476. The smallest absolute Gasteiger partial charge is 0.341 e.